The molecule has 0 aliphatic heterocycles. The van der Waals surface area contributed by atoms with Crippen molar-refractivity contribution in [2.24, 2.45) is 0 Å². The van der Waals surface area contributed by atoms with Crippen LogP contribution in [0.25, 0.3) is 0 Å². The van der Waals surface area contributed by atoms with E-state index < -0.39 is 0 Å². The minimum atomic E-state index is -0.326. The standard InChI is InChI=1S/C12H11N3O2/c16-11-6-3-5-10(15-11)12(17)14-8-9-4-1-2-7-13-9/h1-7H,8H2,(H,14,17)(H,15,16). The van der Waals surface area contributed by atoms with Crippen LogP contribution in [0.15, 0.2) is 47.4 Å². The van der Waals surface area contributed by atoms with Crippen LogP contribution in [0.4, 0.5) is 0 Å². The molecule has 5 nitrogen and oxygen atoms in total. The highest BCUT2D eigenvalue weighted by Gasteiger charge is 2.05. The molecule has 2 aromatic rings. The molecule has 2 N–H and O–H groups in total. The van der Waals surface area contributed by atoms with E-state index in [4.69, 9.17) is 0 Å². The van der Waals surface area contributed by atoms with Crippen LogP contribution in [0.2, 0.25) is 0 Å². The van der Waals surface area contributed by atoms with Gasteiger partial charge in [-0.05, 0) is 18.2 Å². The van der Waals surface area contributed by atoms with Crippen LogP contribution in [-0.4, -0.2) is 15.9 Å². The van der Waals surface area contributed by atoms with Gasteiger partial charge in [0.2, 0.25) is 5.56 Å². The predicted molar refractivity (Wildman–Crippen MR) is 62.5 cm³/mol. The van der Waals surface area contributed by atoms with Gasteiger partial charge in [0.05, 0.1) is 12.2 Å². The summed E-state index contributed by atoms with van der Waals surface area (Å²) in [6, 6.07) is 9.91. The maximum absolute atomic E-state index is 11.7. The first-order valence-corrected chi connectivity index (χ1v) is 5.13. The van der Waals surface area contributed by atoms with Crippen LogP contribution >= 0.6 is 0 Å². The summed E-state index contributed by atoms with van der Waals surface area (Å²) in [5.41, 5.74) is 0.711. The fraction of sp³-hybridized carbons (Fsp3) is 0.0833. The first-order chi connectivity index (χ1) is 8.25. The molecule has 0 saturated heterocycles. The fourth-order valence-electron chi connectivity index (χ4n) is 1.35. The van der Waals surface area contributed by atoms with Gasteiger partial charge in [-0.15, -0.1) is 0 Å². The fourth-order valence-corrected chi connectivity index (χ4v) is 1.35. The summed E-state index contributed by atoms with van der Waals surface area (Å²) in [6.07, 6.45) is 1.66. The lowest BCUT2D eigenvalue weighted by atomic mass is 10.3. The second-order valence-electron chi connectivity index (χ2n) is 3.43. The summed E-state index contributed by atoms with van der Waals surface area (Å²) in [7, 11) is 0. The Labute approximate surface area is 97.5 Å². The van der Waals surface area contributed by atoms with Gasteiger partial charge in [0.25, 0.3) is 5.91 Å². The second kappa shape index (κ2) is 5.07. The number of aromatic nitrogens is 2. The van der Waals surface area contributed by atoms with Crippen LogP contribution < -0.4 is 10.9 Å². The molecule has 5 heteroatoms. The average molecular weight is 229 g/mol. The molecule has 0 aliphatic carbocycles. The Kier molecular flexibility index (Phi) is 3.30. The Morgan fingerprint density at radius 2 is 2.12 bits per heavy atom. The molecule has 0 bridgehead atoms. The van der Waals surface area contributed by atoms with E-state index in [1.165, 1.54) is 12.1 Å². The maximum atomic E-state index is 11.7. The van der Waals surface area contributed by atoms with Crippen molar-refractivity contribution in [3.63, 3.8) is 0 Å². The highest BCUT2D eigenvalue weighted by atomic mass is 16.2. The molecular formula is C12H11N3O2. The van der Waals surface area contributed by atoms with E-state index >= 15 is 0 Å². The SMILES string of the molecule is O=C(NCc1ccccn1)c1cccc(=O)[nH]1. The van der Waals surface area contributed by atoms with Gasteiger partial charge in [0.1, 0.15) is 5.69 Å². The first kappa shape index (κ1) is 11.1. The molecular weight excluding hydrogens is 218 g/mol. The number of H-pyrrole nitrogens is 1. The summed E-state index contributed by atoms with van der Waals surface area (Å²) < 4.78 is 0. The van der Waals surface area contributed by atoms with Crippen molar-refractivity contribution in [2.75, 3.05) is 0 Å². The molecule has 17 heavy (non-hydrogen) atoms. The van der Waals surface area contributed by atoms with Crippen LogP contribution in [0, 0.1) is 0 Å². The molecule has 2 aromatic heterocycles. The monoisotopic (exact) mass is 229 g/mol. The summed E-state index contributed by atoms with van der Waals surface area (Å²) in [5, 5.41) is 2.67. The van der Waals surface area contributed by atoms with Gasteiger partial charge in [-0.3, -0.25) is 14.6 Å². The average Bonchev–Trinajstić information content (AvgIpc) is 2.37. The third-order valence-electron chi connectivity index (χ3n) is 2.17. The Balaban J connectivity index is 2.01. The molecule has 0 unspecified atom stereocenters. The van der Waals surface area contributed by atoms with Gasteiger partial charge in [0.15, 0.2) is 0 Å². The Morgan fingerprint density at radius 1 is 1.24 bits per heavy atom. The Morgan fingerprint density at radius 3 is 2.82 bits per heavy atom. The smallest absolute Gasteiger partial charge is 0.268 e. The lowest BCUT2D eigenvalue weighted by molar-refractivity contribution is 0.0945. The summed E-state index contributed by atoms with van der Waals surface area (Å²) >= 11 is 0. The van der Waals surface area contributed by atoms with Crippen LogP contribution in [0.5, 0.6) is 0 Å². The number of pyridine rings is 2. The number of hydrogen-bond acceptors (Lipinski definition) is 3. The van der Waals surface area contributed by atoms with E-state index in [2.05, 4.69) is 15.3 Å². The van der Waals surface area contributed by atoms with Gasteiger partial charge in [-0.25, -0.2) is 0 Å². The van der Waals surface area contributed by atoms with Crippen LogP contribution in [-0.2, 0) is 6.54 Å². The summed E-state index contributed by atoms with van der Waals surface area (Å²) in [6.45, 7) is 0.330. The van der Waals surface area contributed by atoms with Crippen LogP contribution in [0.1, 0.15) is 16.2 Å². The molecule has 86 valence electrons. The lowest BCUT2D eigenvalue weighted by Gasteiger charge is -2.03. The summed E-state index contributed by atoms with van der Waals surface area (Å²) in [5.74, 6) is -0.326. The van der Waals surface area contributed by atoms with Crippen molar-refractivity contribution in [2.45, 2.75) is 6.54 Å². The normalized spacial score (nSPS) is 9.88. The van der Waals surface area contributed by atoms with Crippen molar-refractivity contribution >= 4 is 5.91 Å². The molecule has 0 atom stereocenters. The zero-order chi connectivity index (χ0) is 12.1. The highest BCUT2D eigenvalue weighted by Crippen LogP contribution is 1.94. The maximum Gasteiger partial charge on any atom is 0.268 e. The zero-order valence-electron chi connectivity index (χ0n) is 9.01. The number of carbonyl (C=O) groups excluding carboxylic acids is 1. The molecule has 1 amide bonds. The Bertz CT molecular complexity index is 563. The van der Waals surface area contributed by atoms with Gasteiger partial charge in [-0.1, -0.05) is 12.1 Å². The lowest BCUT2D eigenvalue weighted by Crippen LogP contribution is -2.26. The number of rotatable bonds is 3. The molecule has 0 spiro atoms. The van der Waals surface area contributed by atoms with E-state index in [0.29, 0.717) is 6.54 Å². The summed E-state index contributed by atoms with van der Waals surface area (Å²) in [4.78, 5) is 29.2. The number of nitrogens with one attached hydrogen (secondary N) is 2. The number of nitrogens with zero attached hydrogens (tertiary/aromatic N) is 1. The van der Waals surface area contributed by atoms with Gasteiger partial charge in [-0.2, -0.15) is 0 Å². The largest absolute Gasteiger partial charge is 0.345 e. The third kappa shape index (κ3) is 3.01. The minimum Gasteiger partial charge on any atom is -0.345 e. The molecule has 0 aliphatic rings. The molecule has 0 radical (unpaired) electrons. The van der Waals surface area contributed by atoms with Crippen molar-refractivity contribution in [1.82, 2.24) is 15.3 Å². The Hall–Kier alpha value is -2.43. The highest BCUT2D eigenvalue weighted by molar-refractivity contribution is 5.92. The molecule has 0 saturated carbocycles. The number of carbonyl (C=O) groups is 1. The first-order valence-electron chi connectivity index (χ1n) is 5.13. The van der Waals surface area contributed by atoms with E-state index in [0.717, 1.165) is 5.69 Å². The number of aromatic amines is 1. The number of amides is 1. The second-order valence-corrected chi connectivity index (χ2v) is 3.43. The number of hydrogen-bond donors (Lipinski definition) is 2. The van der Waals surface area contributed by atoms with E-state index in [9.17, 15) is 9.59 Å². The van der Waals surface area contributed by atoms with Crippen molar-refractivity contribution < 1.29 is 4.79 Å². The van der Waals surface area contributed by atoms with Crippen LogP contribution in [0.3, 0.4) is 0 Å². The van der Waals surface area contributed by atoms with E-state index in [1.54, 1.807) is 18.3 Å². The van der Waals surface area contributed by atoms with Gasteiger partial charge < -0.3 is 10.3 Å². The third-order valence-corrected chi connectivity index (χ3v) is 2.17. The quantitative estimate of drug-likeness (QED) is 0.813. The topological polar surface area (TPSA) is 74.8 Å². The van der Waals surface area contributed by atoms with Crippen molar-refractivity contribution in [1.29, 1.82) is 0 Å². The minimum absolute atomic E-state index is 0.244. The predicted octanol–water partition coefficient (Wildman–Crippen LogP) is 0.700. The van der Waals surface area contributed by atoms with E-state index in [1.807, 2.05) is 12.1 Å². The molecule has 0 aromatic carbocycles. The molecule has 2 heterocycles. The van der Waals surface area contributed by atoms with Gasteiger partial charge >= 0.3 is 0 Å². The zero-order valence-corrected chi connectivity index (χ0v) is 9.01. The van der Waals surface area contributed by atoms with E-state index in [-0.39, 0.29) is 17.2 Å². The van der Waals surface area contributed by atoms with Gasteiger partial charge in [0, 0.05) is 12.3 Å². The van der Waals surface area contributed by atoms with Crippen molar-refractivity contribution in [3.05, 3.63) is 64.3 Å². The molecule has 2 rings (SSSR count). The van der Waals surface area contributed by atoms with Crippen molar-refractivity contribution in [3.8, 4) is 0 Å². The molecule has 0 fully saturated rings.